The van der Waals surface area contributed by atoms with E-state index in [0.29, 0.717) is 35.9 Å². The molecule has 0 bridgehead atoms. The van der Waals surface area contributed by atoms with Gasteiger partial charge in [-0.2, -0.15) is 0 Å². The van der Waals surface area contributed by atoms with E-state index in [1.807, 2.05) is 25.1 Å². The molecule has 1 aliphatic heterocycles. The second-order valence-corrected chi connectivity index (χ2v) is 8.44. The highest BCUT2D eigenvalue weighted by Crippen LogP contribution is 2.31. The summed E-state index contributed by atoms with van der Waals surface area (Å²) in [5, 5.41) is 3.89. The number of hydrogen-bond donors (Lipinski definition) is 3. The number of nitrogens with two attached hydrogens (primary N) is 2. The number of alkyl carbamates (subject to hydrolysis) is 1. The molecule has 11 nitrogen and oxygen atoms in total. The molecule has 11 heteroatoms. The zero-order chi connectivity index (χ0) is 26.1. The first-order chi connectivity index (χ1) is 17.3. The Morgan fingerprint density at radius 3 is 2.61 bits per heavy atom. The van der Waals surface area contributed by atoms with E-state index in [9.17, 15) is 9.59 Å². The van der Waals surface area contributed by atoms with E-state index < -0.39 is 6.09 Å². The molecule has 36 heavy (non-hydrogen) atoms. The topological polar surface area (TPSA) is 158 Å². The molecular formula is C25H33N7O4. The van der Waals surface area contributed by atoms with Gasteiger partial charge in [0.1, 0.15) is 11.7 Å². The van der Waals surface area contributed by atoms with Crippen molar-refractivity contribution in [3.8, 4) is 11.1 Å². The number of carbonyl (C=O) groups excluding carboxylic acids is 2. The number of fused-ring (bicyclic) bond motifs is 1. The smallest absolute Gasteiger partial charge is 0.407 e. The highest BCUT2D eigenvalue weighted by Gasteiger charge is 2.22. The monoisotopic (exact) mass is 495 g/mol. The number of aliphatic imine (C=N–C) groups is 1. The van der Waals surface area contributed by atoms with Gasteiger partial charge >= 0.3 is 6.09 Å². The van der Waals surface area contributed by atoms with E-state index in [1.165, 1.54) is 5.06 Å². The summed E-state index contributed by atoms with van der Waals surface area (Å²) in [4.78, 5) is 43.6. The van der Waals surface area contributed by atoms with Crippen LogP contribution in [0.15, 0.2) is 41.2 Å². The van der Waals surface area contributed by atoms with Crippen molar-refractivity contribution in [3.05, 3.63) is 47.6 Å². The average molecular weight is 496 g/mol. The SMILES string of the molecule is CCCN(OCCNC(=O)OC(C)C)C(=O)C1=Cc2ccc(-c3cnc(CN)nc3)cc2N=C(N)C1. The van der Waals surface area contributed by atoms with Gasteiger partial charge in [-0.05, 0) is 38.0 Å². The maximum Gasteiger partial charge on any atom is 0.407 e. The standard InChI is InChI=1S/C25H33N7O4/c1-4-8-32(35-9-7-28-25(34)36-16(2)3)24(33)19-10-18-6-5-17(11-21(18)31-22(27)12-19)20-14-29-23(13-26)30-15-20/h5-6,10-11,14-16H,4,7-9,12-13,26H2,1-3H3,(H2,27,31)(H,28,34). The maximum absolute atomic E-state index is 13.3. The van der Waals surface area contributed by atoms with Gasteiger partial charge in [0.2, 0.25) is 0 Å². The van der Waals surface area contributed by atoms with Crippen molar-refractivity contribution in [2.24, 2.45) is 16.5 Å². The number of hydrogen-bond acceptors (Lipinski definition) is 9. The zero-order valence-corrected chi connectivity index (χ0v) is 20.9. The highest BCUT2D eigenvalue weighted by molar-refractivity contribution is 6.05. The minimum atomic E-state index is -0.532. The average Bonchev–Trinajstić information content (AvgIpc) is 3.02. The van der Waals surface area contributed by atoms with Crippen LogP contribution < -0.4 is 16.8 Å². The number of ether oxygens (including phenoxy) is 1. The molecule has 5 N–H and O–H groups in total. The molecule has 0 saturated carbocycles. The summed E-state index contributed by atoms with van der Waals surface area (Å²) in [5.41, 5.74) is 15.3. The Morgan fingerprint density at radius 2 is 1.94 bits per heavy atom. The largest absolute Gasteiger partial charge is 0.447 e. The summed E-state index contributed by atoms with van der Waals surface area (Å²) in [5.74, 6) is 0.573. The molecule has 0 spiro atoms. The molecule has 3 rings (SSSR count). The van der Waals surface area contributed by atoms with E-state index in [0.717, 1.165) is 16.7 Å². The highest BCUT2D eigenvalue weighted by atomic mass is 16.7. The molecule has 0 aliphatic carbocycles. The van der Waals surface area contributed by atoms with E-state index >= 15 is 0 Å². The fourth-order valence-corrected chi connectivity index (χ4v) is 3.47. The van der Waals surface area contributed by atoms with Gasteiger partial charge in [-0.3, -0.25) is 9.63 Å². The molecule has 2 heterocycles. The Morgan fingerprint density at radius 1 is 1.19 bits per heavy atom. The summed E-state index contributed by atoms with van der Waals surface area (Å²) in [6.45, 7) is 6.44. The van der Waals surface area contributed by atoms with Crippen LogP contribution in [0.25, 0.3) is 17.2 Å². The Labute approximate surface area is 210 Å². The maximum atomic E-state index is 13.3. The predicted octanol–water partition coefficient (Wildman–Crippen LogP) is 2.68. The first-order valence-electron chi connectivity index (χ1n) is 11.9. The molecule has 1 aliphatic rings. The Kier molecular flexibility index (Phi) is 9.48. The fourth-order valence-electron chi connectivity index (χ4n) is 3.47. The minimum absolute atomic E-state index is 0.112. The van der Waals surface area contributed by atoms with Crippen LogP contribution in [0, 0.1) is 0 Å². The number of amides is 2. The van der Waals surface area contributed by atoms with Gasteiger partial charge in [0, 0.05) is 48.6 Å². The number of aromatic nitrogens is 2. The second kappa shape index (κ2) is 12.8. The van der Waals surface area contributed by atoms with Crippen LogP contribution in [0.1, 0.15) is 45.0 Å². The van der Waals surface area contributed by atoms with E-state index in [-0.39, 0.29) is 38.1 Å². The number of hydroxylamine groups is 2. The third-order valence-corrected chi connectivity index (χ3v) is 5.11. The molecule has 192 valence electrons. The predicted molar refractivity (Wildman–Crippen MR) is 137 cm³/mol. The van der Waals surface area contributed by atoms with Crippen molar-refractivity contribution in [2.45, 2.75) is 46.3 Å². The lowest BCUT2D eigenvalue weighted by atomic mass is 10.0. The van der Waals surface area contributed by atoms with Crippen molar-refractivity contribution in [1.82, 2.24) is 20.3 Å². The first-order valence-corrected chi connectivity index (χ1v) is 11.9. The number of benzene rings is 1. The first kappa shape index (κ1) is 26.8. The molecular weight excluding hydrogens is 462 g/mol. The third-order valence-electron chi connectivity index (χ3n) is 5.11. The Balaban J connectivity index is 1.74. The zero-order valence-electron chi connectivity index (χ0n) is 20.9. The number of rotatable bonds is 10. The van der Waals surface area contributed by atoms with Crippen molar-refractivity contribution < 1.29 is 19.2 Å². The molecule has 0 fully saturated rings. The lowest BCUT2D eigenvalue weighted by Gasteiger charge is -2.22. The molecule has 0 unspecified atom stereocenters. The lowest BCUT2D eigenvalue weighted by Crippen LogP contribution is -2.37. The molecule has 1 aromatic carbocycles. The van der Waals surface area contributed by atoms with Crippen molar-refractivity contribution >= 4 is 29.6 Å². The van der Waals surface area contributed by atoms with Crippen LogP contribution >= 0.6 is 0 Å². The van der Waals surface area contributed by atoms with Gasteiger partial charge in [-0.25, -0.2) is 24.8 Å². The number of nitrogens with zero attached hydrogens (tertiary/aromatic N) is 4. The minimum Gasteiger partial charge on any atom is -0.447 e. The van der Waals surface area contributed by atoms with E-state index in [2.05, 4.69) is 20.3 Å². The van der Waals surface area contributed by atoms with Crippen LogP contribution in [-0.2, 0) is 20.9 Å². The summed E-state index contributed by atoms with van der Waals surface area (Å²) in [7, 11) is 0. The van der Waals surface area contributed by atoms with Crippen LogP contribution in [0.5, 0.6) is 0 Å². The summed E-state index contributed by atoms with van der Waals surface area (Å²) in [6.07, 6.45) is 5.32. The number of amidine groups is 1. The summed E-state index contributed by atoms with van der Waals surface area (Å²) < 4.78 is 5.02. The van der Waals surface area contributed by atoms with Crippen molar-refractivity contribution in [1.29, 1.82) is 0 Å². The van der Waals surface area contributed by atoms with Gasteiger partial charge in [0.25, 0.3) is 5.91 Å². The number of nitrogens with one attached hydrogen (secondary N) is 1. The third kappa shape index (κ3) is 7.33. The quantitative estimate of drug-likeness (QED) is 0.335. The van der Waals surface area contributed by atoms with Gasteiger partial charge in [-0.15, -0.1) is 0 Å². The van der Waals surface area contributed by atoms with Crippen LogP contribution in [0.2, 0.25) is 0 Å². The van der Waals surface area contributed by atoms with E-state index in [4.69, 9.17) is 21.0 Å². The number of carbonyl (C=O) groups is 2. The Bertz CT molecular complexity index is 1130. The fraction of sp³-hybridized carbons (Fsp3) is 0.400. The van der Waals surface area contributed by atoms with Gasteiger partial charge in [0.05, 0.1) is 24.9 Å². The molecule has 0 saturated heterocycles. The molecule has 0 atom stereocenters. The van der Waals surface area contributed by atoms with Crippen LogP contribution in [-0.4, -0.2) is 58.7 Å². The molecule has 0 radical (unpaired) electrons. The summed E-state index contributed by atoms with van der Waals surface area (Å²) in [6, 6.07) is 5.68. The van der Waals surface area contributed by atoms with Crippen molar-refractivity contribution in [2.75, 3.05) is 19.7 Å². The normalized spacial score (nSPS) is 12.8. The van der Waals surface area contributed by atoms with Gasteiger partial charge in [-0.1, -0.05) is 19.1 Å². The van der Waals surface area contributed by atoms with Gasteiger partial charge < -0.3 is 21.5 Å². The Hall–Kier alpha value is -3.83. The van der Waals surface area contributed by atoms with Gasteiger partial charge in [0.15, 0.2) is 0 Å². The van der Waals surface area contributed by atoms with Crippen LogP contribution in [0.3, 0.4) is 0 Å². The lowest BCUT2D eigenvalue weighted by molar-refractivity contribution is -0.181. The molecule has 1 aromatic heterocycles. The second-order valence-electron chi connectivity index (χ2n) is 8.44. The van der Waals surface area contributed by atoms with Crippen LogP contribution in [0.4, 0.5) is 10.5 Å². The van der Waals surface area contributed by atoms with Crippen molar-refractivity contribution in [3.63, 3.8) is 0 Å². The summed E-state index contributed by atoms with van der Waals surface area (Å²) >= 11 is 0. The molecule has 2 aromatic rings. The van der Waals surface area contributed by atoms with E-state index in [1.54, 1.807) is 32.3 Å². The molecule has 2 amide bonds.